The lowest BCUT2D eigenvalue weighted by Crippen LogP contribution is -2.21. The molecule has 23 heavy (non-hydrogen) atoms. The largest absolute Gasteiger partial charge is 0.372 e. The van der Waals surface area contributed by atoms with E-state index in [1.807, 2.05) is 19.1 Å². The molecule has 0 fully saturated rings. The van der Waals surface area contributed by atoms with E-state index >= 15 is 0 Å². The molecule has 2 aromatic carbocycles. The lowest BCUT2D eigenvalue weighted by molar-refractivity contribution is -0.384. The van der Waals surface area contributed by atoms with E-state index in [0.29, 0.717) is 0 Å². The van der Waals surface area contributed by atoms with Crippen molar-refractivity contribution in [2.24, 2.45) is 4.99 Å². The Bertz CT molecular complexity index is 705. The summed E-state index contributed by atoms with van der Waals surface area (Å²) in [5.41, 5.74) is 3.81. The molecule has 0 N–H and O–H groups in total. The number of aliphatic imine (C=N–C) groups is 1. The monoisotopic (exact) mass is 311 g/mol. The van der Waals surface area contributed by atoms with Crippen LogP contribution >= 0.6 is 0 Å². The van der Waals surface area contributed by atoms with Gasteiger partial charge >= 0.3 is 0 Å². The van der Waals surface area contributed by atoms with Crippen LogP contribution in [0.2, 0.25) is 0 Å². The highest BCUT2D eigenvalue weighted by atomic mass is 16.6. The van der Waals surface area contributed by atoms with Crippen LogP contribution in [0.15, 0.2) is 47.5 Å². The van der Waals surface area contributed by atoms with Crippen LogP contribution in [0, 0.1) is 17.0 Å². The number of non-ortho nitro benzene ring substituents is 1. The predicted octanol–water partition coefficient (Wildman–Crippen LogP) is 4.50. The molecular formula is C18H21N3O2. The zero-order chi connectivity index (χ0) is 16.8. The predicted molar refractivity (Wildman–Crippen MR) is 95.1 cm³/mol. The van der Waals surface area contributed by atoms with Crippen molar-refractivity contribution in [3.05, 3.63) is 63.7 Å². The Morgan fingerprint density at radius 2 is 1.78 bits per heavy atom. The molecule has 120 valence electrons. The summed E-state index contributed by atoms with van der Waals surface area (Å²) < 4.78 is 0. The lowest BCUT2D eigenvalue weighted by atomic mass is 10.1. The second-order valence-corrected chi connectivity index (χ2v) is 5.25. The van der Waals surface area contributed by atoms with Crippen LogP contribution in [0.25, 0.3) is 0 Å². The maximum absolute atomic E-state index is 10.7. The number of aryl methyl sites for hydroxylation is 1. The van der Waals surface area contributed by atoms with Gasteiger partial charge in [-0.05, 0) is 50.1 Å². The first kappa shape index (κ1) is 16.7. The summed E-state index contributed by atoms with van der Waals surface area (Å²) in [7, 11) is 0. The second kappa shape index (κ2) is 7.54. The van der Waals surface area contributed by atoms with Gasteiger partial charge in [0.05, 0.1) is 10.6 Å². The minimum absolute atomic E-state index is 0.0880. The summed E-state index contributed by atoms with van der Waals surface area (Å²) in [4.78, 5) is 17.1. The number of nitro benzene ring substituents is 1. The summed E-state index contributed by atoms with van der Waals surface area (Å²) in [5, 5.41) is 10.7. The Kier molecular flexibility index (Phi) is 5.46. The van der Waals surface area contributed by atoms with E-state index in [9.17, 15) is 10.1 Å². The molecule has 0 heterocycles. The Morgan fingerprint density at radius 3 is 2.30 bits per heavy atom. The minimum atomic E-state index is -0.396. The third-order valence-electron chi connectivity index (χ3n) is 3.77. The van der Waals surface area contributed by atoms with Gasteiger partial charge < -0.3 is 4.90 Å². The summed E-state index contributed by atoms with van der Waals surface area (Å²) in [6.45, 7) is 8.05. The van der Waals surface area contributed by atoms with Crippen molar-refractivity contribution < 1.29 is 4.92 Å². The zero-order valence-corrected chi connectivity index (χ0v) is 13.7. The fraction of sp³-hybridized carbons (Fsp3) is 0.278. The van der Waals surface area contributed by atoms with Gasteiger partial charge in [-0.2, -0.15) is 0 Å². The molecule has 0 amide bonds. The first-order valence-electron chi connectivity index (χ1n) is 7.69. The molecule has 0 saturated heterocycles. The molecule has 0 unspecified atom stereocenters. The Labute approximate surface area is 136 Å². The minimum Gasteiger partial charge on any atom is -0.372 e. The molecule has 2 rings (SSSR count). The number of benzene rings is 2. The first-order chi connectivity index (χ1) is 11.0. The number of nitrogens with zero attached hydrogens (tertiary/aromatic N) is 3. The third-order valence-corrected chi connectivity index (χ3v) is 3.77. The van der Waals surface area contributed by atoms with Gasteiger partial charge in [-0.15, -0.1) is 0 Å². The molecule has 0 atom stereocenters. The van der Waals surface area contributed by atoms with Gasteiger partial charge in [0.25, 0.3) is 5.69 Å². The van der Waals surface area contributed by atoms with Crippen molar-refractivity contribution in [1.82, 2.24) is 0 Å². The van der Waals surface area contributed by atoms with E-state index in [4.69, 9.17) is 0 Å². The van der Waals surface area contributed by atoms with Crippen molar-refractivity contribution in [2.75, 3.05) is 18.0 Å². The van der Waals surface area contributed by atoms with Crippen LogP contribution in [-0.4, -0.2) is 24.2 Å². The number of hydrogen-bond acceptors (Lipinski definition) is 4. The van der Waals surface area contributed by atoms with Gasteiger partial charge in [0, 0.05) is 37.1 Å². The van der Waals surface area contributed by atoms with Crippen molar-refractivity contribution in [2.45, 2.75) is 20.8 Å². The van der Waals surface area contributed by atoms with E-state index < -0.39 is 4.92 Å². The average Bonchev–Trinajstić information content (AvgIpc) is 2.56. The SMILES string of the molecule is CCN(CC)c1ccc(C=Nc2ccc([N+](=O)[O-])cc2C)cc1. The topological polar surface area (TPSA) is 58.7 Å². The highest BCUT2D eigenvalue weighted by Gasteiger charge is 2.07. The van der Waals surface area contributed by atoms with Gasteiger partial charge in [-0.1, -0.05) is 12.1 Å². The van der Waals surface area contributed by atoms with Gasteiger partial charge in [0.15, 0.2) is 0 Å². The molecule has 0 spiro atoms. The molecule has 0 aliphatic rings. The van der Waals surface area contributed by atoms with Gasteiger partial charge in [-0.25, -0.2) is 0 Å². The molecule has 2 aromatic rings. The van der Waals surface area contributed by atoms with Gasteiger partial charge in [0.2, 0.25) is 0 Å². The molecular weight excluding hydrogens is 290 g/mol. The van der Waals surface area contributed by atoms with Gasteiger partial charge in [-0.3, -0.25) is 15.1 Å². The fourth-order valence-electron chi connectivity index (χ4n) is 2.40. The summed E-state index contributed by atoms with van der Waals surface area (Å²) >= 11 is 0. The molecule has 0 radical (unpaired) electrons. The molecule has 0 aliphatic carbocycles. The van der Waals surface area contributed by atoms with E-state index in [1.165, 1.54) is 17.8 Å². The van der Waals surface area contributed by atoms with Gasteiger partial charge in [0.1, 0.15) is 0 Å². The normalized spacial score (nSPS) is 10.9. The average molecular weight is 311 g/mol. The van der Waals surface area contributed by atoms with Crippen LogP contribution in [0.1, 0.15) is 25.0 Å². The number of anilines is 1. The Hall–Kier alpha value is -2.69. The van der Waals surface area contributed by atoms with E-state index in [0.717, 1.165) is 29.9 Å². The van der Waals surface area contributed by atoms with E-state index in [1.54, 1.807) is 12.3 Å². The quantitative estimate of drug-likeness (QED) is 0.448. The lowest BCUT2D eigenvalue weighted by Gasteiger charge is -2.20. The van der Waals surface area contributed by atoms with Crippen LogP contribution in [0.5, 0.6) is 0 Å². The maximum atomic E-state index is 10.7. The van der Waals surface area contributed by atoms with Crippen molar-refractivity contribution in [3.8, 4) is 0 Å². The highest BCUT2D eigenvalue weighted by molar-refractivity contribution is 5.83. The highest BCUT2D eigenvalue weighted by Crippen LogP contribution is 2.23. The maximum Gasteiger partial charge on any atom is 0.269 e. The third kappa shape index (κ3) is 4.16. The molecule has 0 aromatic heterocycles. The fourth-order valence-corrected chi connectivity index (χ4v) is 2.40. The smallest absolute Gasteiger partial charge is 0.269 e. The first-order valence-corrected chi connectivity index (χ1v) is 7.69. The van der Waals surface area contributed by atoms with Crippen LogP contribution in [0.4, 0.5) is 17.1 Å². The van der Waals surface area contributed by atoms with Crippen LogP contribution in [0.3, 0.4) is 0 Å². The van der Waals surface area contributed by atoms with E-state index in [-0.39, 0.29) is 5.69 Å². The van der Waals surface area contributed by atoms with Crippen molar-refractivity contribution in [3.63, 3.8) is 0 Å². The molecule has 0 bridgehead atoms. The molecule has 0 aliphatic heterocycles. The zero-order valence-electron chi connectivity index (χ0n) is 13.7. The summed E-state index contributed by atoms with van der Waals surface area (Å²) in [6.07, 6.45) is 1.78. The summed E-state index contributed by atoms with van der Waals surface area (Å²) in [5.74, 6) is 0. The van der Waals surface area contributed by atoms with E-state index in [2.05, 4.69) is 35.9 Å². The van der Waals surface area contributed by atoms with Crippen LogP contribution < -0.4 is 4.90 Å². The number of rotatable bonds is 6. The van der Waals surface area contributed by atoms with Crippen molar-refractivity contribution >= 4 is 23.3 Å². The van der Waals surface area contributed by atoms with Crippen molar-refractivity contribution in [1.29, 1.82) is 0 Å². The number of nitro groups is 1. The molecule has 5 nitrogen and oxygen atoms in total. The molecule has 0 saturated carbocycles. The Morgan fingerprint density at radius 1 is 1.13 bits per heavy atom. The number of hydrogen-bond donors (Lipinski definition) is 0. The van der Waals surface area contributed by atoms with Crippen LogP contribution in [-0.2, 0) is 0 Å². The Balaban J connectivity index is 2.15. The second-order valence-electron chi connectivity index (χ2n) is 5.25. The summed E-state index contributed by atoms with van der Waals surface area (Å²) in [6, 6.07) is 12.9. The standard InChI is InChI=1S/C18H21N3O2/c1-4-20(5-2)16-8-6-15(7-9-16)13-19-18-11-10-17(21(22)23)12-14(18)3/h6-13H,4-5H2,1-3H3. The molecule has 5 heteroatoms.